The topological polar surface area (TPSA) is 59.9 Å². The van der Waals surface area contributed by atoms with Crippen LogP contribution in [-0.2, 0) is 11.3 Å². The van der Waals surface area contributed by atoms with Crippen LogP contribution in [-0.4, -0.2) is 27.5 Å². The van der Waals surface area contributed by atoms with E-state index in [0.717, 1.165) is 25.3 Å². The maximum absolute atomic E-state index is 11.5. The van der Waals surface area contributed by atoms with Gasteiger partial charge in [-0.3, -0.25) is 4.57 Å². The van der Waals surface area contributed by atoms with Gasteiger partial charge in [0.1, 0.15) is 5.82 Å². The second kappa shape index (κ2) is 4.18. The van der Waals surface area contributed by atoms with Gasteiger partial charge >= 0.3 is 5.69 Å². The fraction of sp³-hybridized carbons (Fsp3) is 0.800. The molecule has 1 N–H and O–H groups in total. The van der Waals surface area contributed by atoms with Gasteiger partial charge in [-0.25, -0.2) is 9.89 Å². The zero-order valence-corrected chi connectivity index (χ0v) is 9.19. The minimum absolute atomic E-state index is 0.130. The fourth-order valence-electron chi connectivity index (χ4n) is 1.94. The van der Waals surface area contributed by atoms with Gasteiger partial charge in [-0.1, -0.05) is 13.8 Å². The fourth-order valence-corrected chi connectivity index (χ4v) is 1.94. The second-order valence-electron chi connectivity index (χ2n) is 4.29. The van der Waals surface area contributed by atoms with Crippen LogP contribution < -0.4 is 5.69 Å². The third-order valence-electron chi connectivity index (χ3n) is 2.71. The van der Waals surface area contributed by atoms with Crippen molar-refractivity contribution in [2.24, 2.45) is 0 Å². The van der Waals surface area contributed by atoms with Gasteiger partial charge in [0, 0.05) is 12.5 Å². The second-order valence-corrected chi connectivity index (χ2v) is 4.29. The van der Waals surface area contributed by atoms with E-state index in [1.165, 1.54) is 0 Å². The van der Waals surface area contributed by atoms with Crippen LogP contribution in [0.15, 0.2) is 4.79 Å². The van der Waals surface area contributed by atoms with Crippen molar-refractivity contribution in [3.05, 3.63) is 16.3 Å². The molecule has 1 aliphatic heterocycles. The van der Waals surface area contributed by atoms with Crippen molar-refractivity contribution in [1.29, 1.82) is 0 Å². The predicted octanol–water partition coefficient (Wildman–Crippen LogP) is 0.874. The van der Waals surface area contributed by atoms with Crippen molar-refractivity contribution >= 4 is 0 Å². The molecule has 0 aromatic carbocycles. The lowest BCUT2D eigenvalue weighted by Gasteiger charge is -2.12. The van der Waals surface area contributed by atoms with Crippen molar-refractivity contribution in [3.8, 4) is 0 Å². The third-order valence-corrected chi connectivity index (χ3v) is 2.71. The average Bonchev–Trinajstić information content (AvgIpc) is 2.78. The summed E-state index contributed by atoms with van der Waals surface area (Å²) in [5.74, 6) is 1.07. The van der Waals surface area contributed by atoms with Gasteiger partial charge in [-0.2, -0.15) is 5.10 Å². The highest BCUT2D eigenvalue weighted by atomic mass is 16.5. The largest absolute Gasteiger partial charge is 0.376 e. The molecule has 0 aliphatic carbocycles. The number of aromatic amines is 1. The average molecular weight is 211 g/mol. The molecule has 1 saturated heterocycles. The van der Waals surface area contributed by atoms with Crippen LogP contribution in [0.25, 0.3) is 0 Å². The van der Waals surface area contributed by atoms with Gasteiger partial charge in [-0.05, 0) is 12.8 Å². The Kier molecular flexibility index (Phi) is 2.90. The third kappa shape index (κ3) is 2.12. The van der Waals surface area contributed by atoms with Gasteiger partial charge in [0.05, 0.1) is 12.6 Å². The zero-order valence-electron chi connectivity index (χ0n) is 9.19. The summed E-state index contributed by atoms with van der Waals surface area (Å²) in [4.78, 5) is 11.5. The Morgan fingerprint density at radius 1 is 1.67 bits per heavy atom. The van der Waals surface area contributed by atoms with E-state index in [4.69, 9.17) is 4.74 Å². The van der Waals surface area contributed by atoms with Crippen LogP contribution >= 0.6 is 0 Å². The van der Waals surface area contributed by atoms with Crippen LogP contribution in [0.3, 0.4) is 0 Å². The molecule has 1 unspecified atom stereocenters. The SMILES string of the molecule is CC(C)c1n[nH]c(=O)n1CC1CCCO1. The van der Waals surface area contributed by atoms with Gasteiger partial charge in [0.2, 0.25) is 0 Å². The van der Waals surface area contributed by atoms with Crippen molar-refractivity contribution in [2.45, 2.75) is 45.3 Å². The number of nitrogens with one attached hydrogen (secondary N) is 1. The molecule has 0 saturated carbocycles. The summed E-state index contributed by atoms with van der Waals surface area (Å²) in [6.07, 6.45) is 2.31. The lowest BCUT2D eigenvalue weighted by atomic mass is 10.2. The first kappa shape index (κ1) is 10.4. The monoisotopic (exact) mass is 211 g/mol. The number of rotatable bonds is 3. The first-order valence-corrected chi connectivity index (χ1v) is 5.45. The molecule has 15 heavy (non-hydrogen) atoms. The first-order chi connectivity index (χ1) is 7.18. The summed E-state index contributed by atoms with van der Waals surface area (Å²) in [5.41, 5.74) is -0.130. The Hall–Kier alpha value is -1.10. The smallest absolute Gasteiger partial charge is 0.343 e. The van der Waals surface area contributed by atoms with Crippen LogP contribution in [0, 0.1) is 0 Å². The summed E-state index contributed by atoms with van der Waals surface area (Å²) in [7, 11) is 0. The number of aromatic nitrogens is 3. The van der Waals surface area contributed by atoms with E-state index in [2.05, 4.69) is 10.2 Å². The van der Waals surface area contributed by atoms with Crippen LogP contribution in [0.1, 0.15) is 38.4 Å². The molecule has 0 amide bonds. The van der Waals surface area contributed by atoms with E-state index >= 15 is 0 Å². The van der Waals surface area contributed by atoms with Crippen molar-refractivity contribution in [3.63, 3.8) is 0 Å². The van der Waals surface area contributed by atoms with E-state index in [-0.39, 0.29) is 17.7 Å². The highest BCUT2D eigenvalue weighted by molar-refractivity contribution is 4.93. The molecule has 5 heteroatoms. The lowest BCUT2D eigenvalue weighted by molar-refractivity contribution is 0.0953. The Morgan fingerprint density at radius 2 is 2.47 bits per heavy atom. The van der Waals surface area contributed by atoms with E-state index in [1.807, 2.05) is 13.8 Å². The summed E-state index contributed by atoms with van der Waals surface area (Å²) in [6, 6.07) is 0. The van der Waals surface area contributed by atoms with Crippen molar-refractivity contribution < 1.29 is 4.74 Å². The molecule has 5 nitrogen and oxygen atoms in total. The standard InChI is InChI=1S/C10H17N3O2/c1-7(2)9-11-12-10(14)13(9)6-8-4-3-5-15-8/h7-8H,3-6H2,1-2H3,(H,12,14). The maximum Gasteiger partial charge on any atom is 0.343 e. The van der Waals surface area contributed by atoms with Crippen LogP contribution in [0.4, 0.5) is 0 Å². The number of ether oxygens (including phenoxy) is 1. The molecule has 1 aromatic rings. The van der Waals surface area contributed by atoms with E-state index in [0.29, 0.717) is 6.54 Å². The Bertz CT molecular complexity index is 374. The molecule has 1 fully saturated rings. The molecule has 0 bridgehead atoms. The molecule has 0 radical (unpaired) electrons. The number of H-pyrrole nitrogens is 1. The quantitative estimate of drug-likeness (QED) is 0.807. The normalized spacial score (nSPS) is 21.4. The van der Waals surface area contributed by atoms with E-state index < -0.39 is 0 Å². The molecular formula is C10H17N3O2. The number of hydrogen-bond acceptors (Lipinski definition) is 3. The van der Waals surface area contributed by atoms with Gasteiger partial charge < -0.3 is 4.74 Å². The Labute approximate surface area is 88.4 Å². The first-order valence-electron chi connectivity index (χ1n) is 5.45. The highest BCUT2D eigenvalue weighted by Crippen LogP contribution is 2.15. The zero-order chi connectivity index (χ0) is 10.8. The molecular weight excluding hydrogens is 194 g/mol. The van der Waals surface area contributed by atoms with E-state index in [1.54, 1.807) is 4.57 Å². The molecule has 1 aromatic heterocycles. The van der Waals surface area contributed by atoms with Crippen LogP contribution in [0.2, 0.25) is 0 Å². The summed E-state index contributed by atoms with van der Waals surface area (Å²) >= 11 is 0. The molecule has 1 atom stereocenters. The van der Waals surface area contributed by atoms with Crippen molar-refractivity contribution in [2.75, 3.05) is 6.61 Å². The maximum atomic E-state index is 11.5. The number of nitrogens with zero attached hydrogens (tertiary/aromatic N) is 2. The Balaban J connectivity index is 2.18. The summed E-state index contributed by atoms with van der Waals surface area (Å²) in [5, 5.41) is 6.52. The van der Waals surface area contributed by atoms with Gasteiger partial charge in [0.25, 0.3) is 0 Å². The van der Waals surface area contributed by atoms with Crippen LogP contribution in [0.5, 0.6) is 0 Å². The highest BCUT2D eigenvalue weighted by Gasteiger charge is 2.20. The molecule has 2 rings (SSSR count). The van der Waals surface area contributed by atoms with E-state index in [9.17, 15) is 4.79 Å². The van der Waals surface area contributed by atoms with Gasteiger partial charge in [-0.15, -0.1) is 0 Å². The summed E-state index contributed by atoms with van der Waals surface area (Å²) in [6.45, 7) is 5.50. The molecule has 0 spiro atoms. The minimum atomic E-state index is -0.130. The van der Waals surface area contributed by atoms with Gasteiger partial charge in [0.15, 0.2) is 0 Å². The van der Waals surface area contributed by atoms with Crippen molar-refractivity contribution in [1.82, 2.24) is 14.8 Å². The molecule has 2 heterocycles. The summed E-state index contributed by atoms with van der Waals surface area (Å²) < 4.78 is 7.21. The number of hydrogen-bond donors (Lipinski definition) is 1. The Morgan fingerprint density at radius 3 is 3.07 bits per heavy atom. The molecule has 84 valence electrons. The lowest BCUT2D eigenvalue weighted by Crippen LogP contribution is -2.26. The predicted molar refractivity (Wildman–Crippen MR) is 55.9 cm³/mol. The molecule has 1 aliphatic rings. The minimum Gasteiger partial charge on any atom is -0.376 e.